The summed E-state index contributed by atoms with van der Waals surface area (Å²) in [5, 5.41) is 8.69. The van der Waals surface area contributed by atoms with Crippen molar-refractivity contribution in [2.45, 2.75) is 32.1 Å². The van der Waals surface area contributed by atoms with Crippen LogP contribution in [0.2, 0.25) is 0 Å². The van der Waals surface area contributed by atoms with Crippen molar-refractivity contribution in [3.63, 3.8) is 0 Å². The fraction of sp³-hybridized carbons (Fsp3) is 0.636. The average Bonchev–Trinajstić information content (AvgIpc) is 2.96. The number of hydrogen-bond acceptors (Lipinski definition) is 7. The number of ether oxygens (including phenoxy) is 1. The van der Waals surface area contributed by atoms with Gasteiger partial charge in [0.05, 0.1) is 19.1 Å². The number of H-pyrrole nitrogens is 1. The molecule has 9 nitrogen and oxygen atoms in total. The molecule has 0 aliphatic carbocycles. The van der Waals surface area contributed by atoms with Gasteiger partial charge in [0.2, 0.25) is 7.72 Å². The predicted molar refractivity (Wildman–Crippen MR) is 80.4 cm³/mol. The van der Waals surface area contributed by atoms with Gasteiger partial charge in [0.1, 0.15) is 14.1 Å². The summed E-state index contributed by atoms with van der Waals surface area (Å²) >= 11 is 0. The summed E-state index contributed by atoms with van der Waals surface area (Å²) in [6, 6.07) is 0. The molecule has 3 N–H and O–H groups in total. The third-order valence-electron chi connectivity index (χ3n) is 3.28. The molecule has 1 fully saturated rings. The van der Waals surface area contributed by atoms with E-state index in [1.807, 2.05) is 0 Å². The maximum absolute atomic E-state index is 11.8. The zero-order valence-corrected chi connectivity index (χ0v) is 13.8. The molecule has 1 aromatic rings. The number of nitrogens with zero attached hydrogens (tertiary/aromatic N) is 1. The summed E-state index contributed by atoms with van der Waals surface area (Å²) in [5.74, 6) is 0. The Kier molecular flexibility index (Phi) is 6.09. The third-order valence-corrected chi connectivity index (χ3v) is 6.46. The molecular weight excluding hydrogens is 334 g/mol. The lowest BCUT2D eigenvalue weighted by molar-refractivity contribution is -0.0185. The number of aryl methyl sites for hydroxylation is 1. The van der Waals surface area contributed by atoms with Crippen molar-refractivity contribution in [3.8, 4) is 0 Å². The summed E-state index contributed by atoms with van der Waals surface area (Å²) in [4.78, 5) is 34.5. The van der Waals surface area contributed by atoms with Gasteiger partial charge < -0.3 is 19.3 Å². The van der Waals surface area contributed by atoms with Crippen LogP contribution in [0.25, 0.3) is 0 Å². The first-order valence-electron chi connectivity index (χ1n) is 6.64. The largest absolute Gasteiger partial charge is 0.389 e. The molecular formula is C11H18N2O7P2. The molecule has 0 amide bonds. The van der Waals surface area contributed by atoms with Crippen LogP contribution in [0.3, 0.4) is 0 Å². The van der Waals surface area contributed by atoms with Gasteiger partial charge in [0.25, 0.3) is 5.56 Å². The van der Waals surface area contributed by atoms with Gasteiger partial charge in [-0.1, -0.05) is 0 Å². The van der Waals surface area contributed by atoms with Crippen molar-refractivity contribution in [1.29, 1.82) is 0 Å². The number of aliphatic hydroxyl groups excluding tert-OH is 1. The van der Waals surface area contributed by atoms with Crippen LogP contribution in [0.5, 0.6) is 0 Å². The van der Waals surface area contributed by atoms with Gasteiger partial charge in [-0.15, -0.1) is 0 Å². The third kappa shape index (κ3) is 4.13. The first-order chi connectivity index (χ1) is 10.4. The van der Waals surface area contributed by atoms with E-state index >= 15 is 0 Å². The minimum Gasteiger partial charge on any atom is -0.389 e. The standard InChI is InChI=1S/C11H18N2O7P2/c1-7-4-13(11(16)12-10(7)15)9-3-2-8(20-9)5-19-22(18)21(17)6-14/h4,8-9,14,17,22H,2-3,5-6H2,1H3,(H,12,15,16)/t8-,9+,21?/m0/s1. The Morgan fingerprint density at radius 2 is 2.27 bits per heavy atom. The Labute approximate surface area is 127 Å². The van der Waals surface area contributed by atoms with Crippen LogP contribution < -0.4 is 11.2 Å². The van der Waals surface area contributed by atoms with Crippen LogP contribution in [0.15, 0.2) is 15.8 Å². The van der Waals surface area contributed by atoms with Crippen LogP contribution in [-0.2, 0) is 13.8 Å². The lowest BCUT2D eigenvalue weighted by atomic mass is 10.2. The Balaban J connectivity index is 1.96. The second-order valence-electron chi connectivity index (χ2n) is 4.89. The topological polar surface area (TPSA) is 131 Å². The van der Waals surface area contributed by atoms with Crippen molar-refractivity contribution in [3.05, 3.63) is 32.6 Å². The van der Waals surface area contributed by atoms with E-state index in [9.17, 15) is 19.0 Å². The molecule has 2 unspecified atom stereocenters. The minimum absolute atomic E-state index is 0.0186. The molecule has 1 saturated heterocycles. The van der Waals surface area contributed by atoms with Crippen LogP contribution in [-0.4, -0.2) is 38.6 Å². The van der Waals surface area contributed by atoms with Crippen LogP contribution in [0.4, 0.5) is 0 Å². The fourth-order valence-corrected chi connectivity index (χ4v) is 3.72. The minimum atomic E-state index is -2.68. The number of aromatic amines is 1. The Morgan fingerprint density at radius 3 is 2.95 bits per heavy atom. The molecule has 0 saturated carbocycles. The van der Waals surface area contributed by atoms with Gasteiger partial charge in [0.15, 0.2) is 0 Å². The monoisotopic (exact) mass is 352 g/mol. The van der Waals surface area contributed by atoms with E-state index in [2.05, 4.69) is 4.98 Å². The molecule has 0 spiro atoms. The first-order valence-corrected chi connectivity index (χ1v) is 10.3. The highest BCUT2D eigenvalue weighted by atomic mass is 32.1. The maximum Gasteiger partial charge on any atom is 0.330 e. The van der Waals surface area contributed by atoms with Crippen molar-refractivity contribution < 1.29 is 23.8 Å². The molecule has 22 heavy (non-hydrogen) atoms. The molecule has 2 heterocycles. The van der Waals surface area contributed by atoms with Crippen molar-refractivity contribution in [1.82, 2.24) is 9.55 Å². The van der Waals surface area contributed by atoms with E-state index in [0.717, 1.165) is 0 Å². The van der Waals surface area contributed by atoms with Gasteiger partial charge in [0, 0.05) is 11.8 Å². The van der Waals surface area contributed by atoms with Gasteiger partial charge in [-0.2, -0.15) is 0 Å². The molecule has 4 atom stereocenters. The molecule has 2 rings (SSSR count). The van der Waals surface area contributed by atoms with Gasteiger partial charge in [-0.25, -0.2) is 4.79 Å². The fourth-order valence-electron chi connectivity index (χ4n) is 2.11. The zero-order chi connectivity index (χ0) is 16.3. The molecule has 0 radical (unpaired) electrons. The van der Waals surface area contributed by atoms with Crippen molar-refractivity contribution in [2.24, 2.45) is 0 Å². The lowest BCUT2D eigenvalue weighted by Crippen LogP contribution is -2.33. The second kappa shape index (κ2) is 7.64. The van der Waals surface area contributed by atoms with E-state index in [4.69, 9.17) is 14.4 Å². The summed E-state index contributed by atoms with van der Waals surface area (Å²) in [5.41, 5.74) is -0.574. The summed E-state index contributed by atoms with van der Waals surface area (Å²) < 4.78 is 23.4. The predicted octanol–water partition coefficient (Wildman–Crippen LogP) is 0.268. The Bertz CT molecular complexity index is 659. The summed E-state index contributed by atoms with van der Waals surface area (Å²) in [6.45, 7) is 1.61. The van der Waals surface area contributed by atoms with Crippen molar-refractivity contribution in [2.75, 3.05) is 13.0 Å². The highest BCUT2D eigenvalue weighted by Gasteiger charge is 2.28. The van der Waals surface area contributed by atoms with Gasteiger partial charge in [-0.3, -0.25) is 18.9 Å². The second-order valence-corrected chi connectivity index (χ2v) is 9.43. The van der Waals surface area contributed by atoms with Crippen LogP contribution in [0, 0.1) is 6.92 Å². The molecule has 1 aromatic heterocycles. The molecule has 0 bridgehead atoms. The van der Waals surface area contributed by atoms with E-state index in [-0.39, 0.29) is 12.7 Å². The van der Waals surface area contributed by atoms with Gasteiger partial charge >= 0.3 is 5.69 Å². The quantitative estimate of drug-likeness (QED) is 0.626. The van der Waals surface area contributed by atoms with E-state index in [1.54, 1.807) is 6.92 Å². The van der Waals surface area contributed by atoms with Crippen molar-refractivity contribution >= 4 is 15.6 Å². The molecule has 0 aromatic carbocycles. The average molecular weight is 352 g/mol. The Hall–Kier alpha value is -0.820. The number of nitrogens with one attached hydrogen (secondary N) is 1. The molecule has 11 heteroatoms. The summed E-state index contributed by atoms with van der Waals surface area (Å²) in [6.07, 6.45) is 1.14. The number of hydrogen-bond donors (Lipinski definition) is 3. The normalized spacial score (nSPS) is 24.3. The number of aromatic nitrogens is 2. The smallest absolute Gasteiger partial charge is 0.330 e. The molecule has 1 aliphatic rings. The number of aliphatic hydroxyl groups is 1. The Morgan fingerprint density at radius 1 is 1.55 bits per heavy atom. The summed E-state index contributed by atoms with van der Waals surface area (Å²) in [7, 11) is -4.68. The SMILES string of the molecule is Cc1cn([C@H]2CC[C@@H](CO[PH](=O)P(O)CO)O2)c(=O)[nH]c1=O. The highest BCUT2D eigenvalue weighted by molar-refractivity contribution is 8.19. The molecule has 1 aliphatic heterocycles. The van der Waals surface area contributed by atoms with Gasteiger partial charge in [-0.05, 0) is 19.8 Å². The van der Waals surface area contributed by atoms with E-state index in [0.29, 0.717) is 18.4 Å². The lowest BCUT2D eigenvalue weighted by Gasteiger charge is -2.16. The first kappa shape index (κ1) is 17.5. The zero-order valence-electron chi connectivity index (χ0n) is 11.9. The maximum atomic E-state index is 11.8. The van der Waals surface area contributed by atoms with E-state index < -0.39 is 39.4 Å². The number of rotatable bonds is 6. The molecule has 124 valence electrons. The van der Waals surface area contributed by atoms with Crippen LogP contribution in [0.1, 0.15) is 24.6 Å². The van der Waals surface area contributed by atoms with E-state index in [1.165, 1.54) is 10.8 Å². The van der Waals surface area contributed by atoms with Crippen LogP contribution >= 0.6 is 15.6 Å². The highest BCUT2D eigenvalue weighted by Crippen LogP contribution is 2.57.